The summed E-state index contributed by atoms with van der Waals surface area (Å²) >= 11 is 5.89. The molecule has 0 aromatic heterocycles. The third-order valence-corrected chi connectivity index (χ3v) is 4.46. The predicted octanol–water partition coefficient (Wildman–Crippen LogP) is 5.36. The highest BCUT2D eigenvalue weighted by molar-refractivity contribution is 6.30. The van der Waals surface area contributed by atoms with Gasteiger partial charge in [-0.15, -0.1) is 0 Å². The van der Waals surface area contributed by atoms with E-state index in [0.717, 1.165) is 21.7 Å². The summed E-state index contributed by atoms with van der Waals surface area (Å²) in [4.78, 5) is 0. The molecule has 0 fully saturated rings. The summed E-state index contributed by atoms with van der Waals surface area (Å²) in [6, 6.07) is 21.7. The van der Waals surface area contributed by atoms with Crippen LogP contribution in [-0.4, -0.2) is 13.3 Å². The standard InChI is InChI=1S/C23H23ClN2O2/c1-17-3-5-19(6-4-17)16-28-22-12-9-20(13-23(22)27-2)15-26-25-14-18-7-10-21(24)11-8-18/h3-13,15,25H,14,16H2,1-2H3/b26-15-. The van der Waals surface area contributed by atoms with Gasteiger partial charge in [0.25, 0.3) is 0 Å². The van der Waals surface area contributed by atoms with Gasteiger partial charge in [-0.1, -0.05) is 53.6 Å². The van der Waals surface area contributed by atoms with Crippen LogP contribution >= 0.6 is 11.6 Å². The molecule has 3 rings (SSSR count). The Morgan fingerprint density at radius 2 is 1.64 bits per heavy atom. The summed E-state index contributed by atoms with van der Waals surface area (Å²) in [5.74, 6) is 1.38. The lowest BCUT2D eigenvalue weighted by molar-refractivity contribution is 0.284. The quantitative estimate of drug-likeness (QED) is 0.413. The fourth-order valence-corrected chi connectivity index (χ4v) is 2.71. The van der Waals surface area contributed by atoms with E-state index in [2.05, 4.69) is 41.7 Å². The molecule has 0 atom stereocenters. The van der Waals surface area contributed by atoms with Gasteiger partial charge in [0.05, 0.1) is 19.9 Å². The molecule has 0 unspecified atom stereocenters. The van der Waals surface area contributed by atoms with E-state index in [9.17, 15) is 0 Å². The van der Waals surface area contributed by atoms with Crippen molar-refractivity contribution in [1.82, 2.24) is 5.43 Å². The summed E-state index contributed by atoms with van der Waals surface area (Å²) in [5.41, 5.74) is 7.40. The topological polar surface area (TPSA) is 42.8 Å². The van der Waals surface area contributed by atoms with Gasteiger partial charge in [0.1, 0.15) is 6.61 Å². The zero-order valence-corrected chi connectivity index (χ0v) is 16.7. The van der Waals surface area contributed by atoms with Crippen molar-refractivity contribution in [3.63, 3.8) is 0 Å². The molecule has 0 saturated heterocycles. The molecule has 0 bridgehead atoms. The lowest BCUT2D eigenvalue weighted by Gasteiger charge is -2.11. The number of methoxy groups -OCH3 is 1. The first kappa shape index (κ1) is 19.8. The van der Waals surface area contributed by atoms with Gasteiger partial charge in [0, 0.05) is 5.02 Å². The maximum atomic E-state index is 5.91. The first-order valence-electron chi connectivity index (χ1n) is 9.01. The van der Waals surface area contributed by atoms with Crippen LogP contribution in [0.3, 0.4) is 0 Å². The highest BCUT2D eigenvalue weighted by atomic mass is 35.5. The average molecular weight is 395 g/mol. The second-order valence-corrected chi connectivity index (χ2v) is 6.84. The molecule has 3 aromatic carbocycles. The Morgan fingerprint density at radius 3 is 2.36 bits per heavy atom. The molecule has 0 heterocycles. The fourth-order valence-electron chi connectivity index (χ4n) is 2.59. The minimum absolute atomic E-state index is 0.493. The third-order valence-electron chi connectivity index (χ3n) is 4.20. The Balaban J connectivity index is 1.57. The van der Waals surface area contributed by atoms with Gasteiger partial charge in [0.2, 0.25) is 0 Å². The van der Waals surface area contributed by atoms with E-state index in [-0.39, 0.29) is 0 Å². The lowest BCUT2D eigenvalue weighted by Crippen LogP contribution is -2.05. The Kier molecular flexibility index (Phi) is 6.93. The van der Waals surface area contributed by atoms with Crippen LogP contribution in [0.2, 0.25) is 5.02 Å². The molecule has 0 aliphatic carbocycles. The molecule has 0 aliphatic rings. The number of aryl methyl sites for hydroxylation is 1. The molecule has 0 aliphatic heterocycles. The molecule has 0 radical (unpaired) electrons. The van der Waals surface area contributed by atoms with E-state index in [1.54, 1.807) is 13.3 Å². The van der Waals surface area contributed by atoms with Gasteiger partial charge in [-0.3, -0.25) is 0 Å². The Hall–Kier alpha value is -2.98. The van der Waals surface area contributed by atoms with E-state index in [1.807, 2.05) is 42.5 Å². The number of benzene rings is 3. The minimum Gasteiger partial charge on any atom is -0.493 e. The second kappa shape index (κ2) is 9.81. The number of rotatable bonds is 8. The van der Waals surface area contributed by atoms with E-state index in [1.165, 1.54) is 5.56 Å². The largest absolute Gasteiger partial charge is 0.493 e. The van der Waals surface area contributed by atoms with Gasteiger partial charge in [0.15, 0.2) is 11.5 Å². The maximum absolute atomic E-state index is 5.91. The van der Waals surface area contributed by atoms with Crippen LogP contribution in [0.4, 0.5) is 0 Å². The molecule has 3 aromatic rings. The number of nitrogens with zero attached hydrogens (tertiary/aromatic N) is 1. The minimum atomic E-state index is 0.493. The summed E-state index contributed by atoms with van der Waals surface area (Å²) in [6.45, 7) is 3.19. The number of hydrogen-bond acceptors (Lipinski definition) is 4. The van der Waals surface area contributed by atoms with Crippen LogP contribution in [0.1, 0.15) is 22.3 Å². The summed E-state index contributed by atoms with van der Waals surface area (Å²) < 4.78 is 11.4. The van der Waals surface area contributed by atoms with Crippen LogP contribution in [0.25, 0.3) is 0 Å². The molecular formula is C23H23ClN2O2. The van der Waals surface area contributed by atoms with Crippen molar-refractivity contribution in [3.05, 3.63) is 94.0 Å². The molecule has 0 amide bonds. The van der Waals surface area contributed by atoms with Crippen molar-refractivity contribution in [3.8, 4) is 11.5 Å². The van der Waals surface area contributed by atoms with Crippen molar-refractivity contribution in [2.24, 2.45) is 5.10 Å². The van der Waals surface area contributed by atoms with Gasteiger partial charge in [-0.2, -0.15) is 5.10 Å². The maximum Gasteiger partial charge on any atom is 0.161 e. The van der Waals surface area contributed by atoms with Crippen LogP contribution < -0.4 is 14.9 Å². The number of halogens is 1. The van der Waals surface area contributed by atoms with Crippen molar-refractivity contribution < 1.29 is 9.47 Å². The Bertz CT molecular complexity index is 922. The predicted molar refractivity (Wildman–Crippen MR) is 114 cm³/mol. The number of hydrogen-bond donors (Lipinski definition) is 1. The van der Waals surface area contributed by atoms with E-state index in [4.69, 9.17) is 21.1 Å². The molecule has 4 nitrogen and oxygen atoms in total. The molecule has 1 N–H and O–H groups in total. The molecule has 144 valence electrons. The first-order chi connectivity index (χ1) is 13.6. The van der Waals surface area contributed by atoms with Crippen molar-refractivity contribution in [1.29, 1.82) is 0 Å². The highest BCUT2D eigenvalue weighted by Crippen LogP contribution is 2.28. The van der Waals surface area contributed by atoms with Gasteiger partial charge >= 0.3 is 0 Å². The van der Waals surface area contributed by atoms with E-state index >= 15 is 0 Å². The van der Waals surface area contributed by atoms with Crippen molar-refractivity contribution in [2.75, 3.05) is 7.11 Å². The van der Waals surface area contributed by atoms with Crippen LogP contribution in [-0.2, 0) is 13.2 Å². The zero-order valence-electron chi connectivity index (χ0n) is 16.0. The normalized spacial score (nSPS) is 10.8. The Morgan fingerprint density at radius 1 is 0.929 bits per heavy atom. The van der Waals surface area contributed by atoms with Crippen LogP contribution in [0, 0.1) is 6.92 Å². The number of ether oxygens (including phenoxy) is 2. The second-order valence-electron chi connectivity index (χ2n) is 6.40. The molecule has 5 heteroatoms. The first-order valence-corrected chi connectivity index (χ1v) is 9.38. The van der Waals surface area contributed by atoms with Crippen molar-refractivity contribution >= 4 is 17.8 Å². The van der Waals surface area contributed by atoms with Crippen molar-refractivity contribution in [2.45, 2.75) is 20.1 Å². The molecule has 0 saturated carbocycles. The lowest BCUT2D eigenvalue weighted by atomic mass is 10.2. The highest BCUT2D eigenvalue weighted by Gasteiger charge is 2.05. The smallest absolute Gasteiger partial charge is 0.161 e. The van der Waals surface area contributed by atoms with Gasteiger partial charge in [-0.05, 0) is 53.9 Å². The number of nitrogens with one attached hydrogen (secondary N) is 1. The average Bonchev–Trinajstić information content (AvgIpc) is 2.72. The SMILES string of the molecule is COc1cc(/C=N\NCc2ccc(Cl)cc2)ccc1OCc1ccc(C)cc1. The molecule has 28 heavy (non-hydrogen) atoms. The van der Waals surface area contributed by atoms with Crippen LogP contribution in [0.5, 0.6) is 11.5 Å². The number of hydrazone groups is 1. The van der Waals surface area contributed by atoms with E-state index in [0.29, 0.717) is 24.7 Å². The van der Waals surface area contributed by atoms with Gasteiger partial charge in [-0.25, -0.2) is 0 Å². The zero-order chi connectivity index (χ0) is 19.8. The monoisotopic (exact) mass is 394 g/mol. The van der Waals surface area contributed by atoms with Gasteiger partial charge < -0.3 is 14.9 Å². The fraction of sp³-hybridized carbons (Fsp3) is 0.174. The summed E-state index contributed by atoms with van der Waals surface area (Å²) in [7, 11) is 1.63. The molecular weight excluding hydrogens is 372 g/mol. The van der Waals surface area contributed by atoms with Crippen LogP contribution in [0.15, 0.2) is 71.8 Å². The Labute approximate surface area is 170 Å². The summed E-state index contributed by atoms with van der Waals surface area (Å²) in [6.07, 6.45) is 1.75. The third kappa shape index (κ3) is 5.76. The summed E-state index contributed by atoms with van der Waals surface area (Å²) in [5, 5.41) is 4.99. The molecule has 0 spiro atoms. The van der Waals surface area contributed by atoms with E-state index < -0.39 is 0 Å².